The molecule has 0 atom stereocenters. The molecule has 0 aliphatic heterocycles. The van der Waals surface area contributed by atoms with Crippen molar-refractivity contribution in [3.8, 4) is 9.75 Å². The van der Waals surface area contributed by atoms with Crippen LogP contribution in [0.3, 0.4) is 0 Å². The molecule has 2 aromatic heterocycles. The van der Waals surface area contributed by atoms with Gasteiger partial charge in [0.25, 0.3) is 0 Å². The molecule has 2 rings (SSSR count). The van der Waals surface area contributed by atoms with E-state index < -0.39 is 11.2 Å². The third-order valence-corrected chi connectivity index (χ3v) is 4.24. The average Bonchev–Trinajstić information content (AvgIpc) is 2.82. The molecule has 2 heterocycles. The number of aromatic nitrogens is 1. The highest BCUT2D eigenvalue weighted by atomic mass is 32.1. The van der Waals surface area contributed by atoms with Crippen molar-refractivity contribution in [2.75, 3.05) is 7.05 Å². The number of thiophene rings is 1. The van der Waals surface area contributed by atoms with Gasteiger partial charge in [0.2, 0.25) is 0 Å². The van der Waals surface area contributed by atoms with Crippen molar-refractivity contribution in [1.29, 1.82) is 0 Å². The van der Waals surface area contributed by atoms with E-state index in [0.717, 1.165) is 10.4 Å². The summed E-state index contributed by atoms with van der Waals surface area (Å²) in [6.07, 6.45) is -3.07. The van der Waals surface area contributed by atoms with Crippen LogP contribution in [-0.2, 0) is 12.7 Å². The van der Waals surface area contributed by atoms with E-state index in [-0.39, 0.29) is 0 Å². The van der Waals surface area contributed by atoms with E-state index in [0.29, 0.717) is 22.8 Å². The third-order valence-electron chi connectivity index (χ3n) is 2.03. The van der Waals surface area contributed by atoms with Crippen LogP contribution >= 0.6 is 22.7 Å². The van der Waals surface area contributed by atoms with Crippen LogP contribution in [0.1, 0.15) is 10.6 Å². The maximum atomic E-state index is 12.4. The monoisotopic (exact) mass is 278 g/mol. The number of thiazole rings is 1. The van der Waals surface area contributed by atoms with Crippen LogP contribution in [0.4, 0.5) is 13.2 Å². The zero-order valence-corrected chi connectivity index (χ0v) is 10.5. The van der Waals surface area contributed by atoms with Crippen LogP contribution in [-0.4, -0.2) is 12.0 Å². The van der Waals surface area contributed by atoms with Crippen LogP contribution in [0.25, 0.3) is 9.75 Å². The van der Waals surface area contributed by atoms with Crippen LogP contribution in [0.5, 0.6) is 0 Å². The lowest BCUT2D eigenvalue weighted by molar-refractivity contribution is -0.137. The molecule has 0 aliphatic rings. The van der Waals surface area contributed by atoms with Gasteiger partial charge in [-0.2, -0.15) is 13.2 Å². The minimum atomic E-state index is -4.35. The van der Waals surface area contributed by atoms with E-state index in [1.165, 1.54) is 17.5 Å². The molecule has 0 saturated carbocycles. The van der Waals surface area contributed by atoms with Gasteiger partial charge in [0.15, 0.2) is 5.01 Å². The predicted octanol–water partition coefficient (Wildman–Crippen LogP) is 3.61. The summed E-state index contributed by atoms with van der Waals surface area (Å²) >= 11 is 2.11. The Morgan fingerprint density at radius 2 is 2.12 bits per heavy atom. The zero-order valence-electron chi connectivity index (χ0n) is 8.84. The lowest BCUT2D eigenvalue weighted by Crippen LogP contribution is -2.03. The summed E-state index contributed by atoms with van der Waals surface area (Å²) in [6.45, 7) is 0.710. The quantitative estimate of drug-likeness (QED) is 0.927. The molecule has 0 saturated heterocycles. The first-order valence-corrected chi connectivity index (χ1v) is 6.45. The van der Waals surface area contributed by atoms with Crippen molar-refractivity contribution in [2.45, 2.75) is 12.7 Å². The van der Waals surface area contributed by atoms with Crippen molar-refractivity contribution in [3.05, 3.63) is 28.2 Å². The molecule has 7 heteroatoms. The Labute approximate surface area is 104 Å². The van der Waals surface area contributed by atoms with Gasteiger partial charge in [-0.15, -0.1) is 22.7 Å². The average molecular weight is 278 g/mol. The second kappa shape index (κ2) is 4.75. The van der Waals surface area contributed by atoms with E-state index in [2.05, 4.69) is 10.3 Å². The van der Waals surface area contributed by atoms with Gasteiger partial charge < -0.3 is 5.32 Å². The van der Waals surface area contributed by atoms with Gasteiger partial charge in [0.05, 0.1) is 4.88 Å². The van der Waals surface area contributed by atoms with E-state index in [1.54, 1.807) is 0 Å². The van der Waals surface area contributed by atoms with Crippen molar-refractivity contribution in [2.24, 2.45) is 0 Å². The Morgan fingerprint density at radius 3 is 2.71 bits per heavy atom. The summed E-state index contributed by atoms with van der Waals surface area (Å²) in [5, 5.41) is 4.13. The smallest absolute Gasteiger partial charge is 0.316 e. The fourth-order valence-corrected chi connectivity index (χ4v) is 3.10. The normalized spacial score (nSPS) is 12.0. The van der Waals surface area contributed by atoms with Gasteiger partial charge in [-0.25, -0.2) is 4.98 Å². The molecule has 0 amide bonds. The highest BCUT2D eigenvalue weighted by molar-refractivity contribution is 7.21. The first-order valence-electron chi connectivity index (χ1n) is 4.76. The summed E-state index contributed by atoms with van der Waals surface area (Å²) < 4.78 is 37.2. The molecule has 0 aromatic carbocycles. The van der Waals surface area contributed by atoms with E-state index in [4.69, 9.17) is 0 Å². The predicted molar refractivity (Wildman–Crippen MR) is 63.2 cm³/mol. The van der Waals surface area contributed by atoms with Gasteiger partial charge in [-0.05, 0) is 24.1 Å². The molecule has 0 fully saturated rings. The van der Waals surface area contributed by atoms with Crippen molar-refractivity contribution < 1.29 is 13.2 Å². The van der Waals surface area contributed by atoms with Gasteiger partial charge in [0.1, 0.15) is 0 Å². The molecular formula is C10H9F3N2S2. The largest absolute Gasteiger partial charge is 0.443 e. The molecule has 0 bridgehead atoms. The lowest BCUT2D eigenvalue weighted by atomic mass is 10.3. The zero-order chi connectivity index (χ0) is 12.5. The number of rotatable bonds is 3. The minimum absolute atomic E-state index is 0.560. The van der Waals surface area contributed by atoms with Crippen molar-refractivity contribution >= 4 is 22.7 Å². The highest BCUT2D eigenvalue weighted by Crippen LogP contribution is 2.38. The number of hydrogen-bond acceptors (Lipinski definition) is 4. The van der Waals surface area contributed by atoms with Crippen molar-refractivity contribution in [3.63, 3.8) is 0 Å². The first kappa shape index (κ1) is 12.5. The second-order valence-electron chi connectivity index (χ2n) is 3.38. The Bertz CT molecular complexity index is 502. The van der Waals surface area contributed by atoms with Crippen LogP contribution in [0, 0.1) is 0 Å². The fraction of sp³-hybridized carbons (Fsp3) is 0.300. The first-order chi connectivity index (χ1) is 8.00. The van der Waals surface area contributed by atoms with E-state index in [9.17, 15) is 13.2 Å². The van der Waals surface area contributed by atoms with Gasteiger partial charge in [-0.1, -0.05) is 0 Å². The molecule has 0 unspecified atom stereocenters. The molecule has 0 radical (unpaired) electrons. The second-order valence-corrected chi connectivity index (χ2v) is 5.32. The molecule has 2 aromatic rings. The summed E-state index contributed by atoms with van der Waals surface area (Å²) in [4.78, 5) is 4.79. The fourth-order valence-electron chi connectivity index (χ4n) is 1.32. The van der Waals surface area contributed by atoms with Crippen LogP contribution in [0.2, 0.25) is 0 Å². The molecule has 0 aliphatic carbocycles. The highest BCUT2D eigenvalue weighted by Gasteiger charge is 2.34. The third kappa shape index (κ3) is 2.85. The Hall–Kier alpha value is -0.920. The van der Waals surface area contributed by atoms with Gasteiger partial charge in [-0.3, -0.25) is 0 Å². The molecule has 0 spiro atoms. The maximum Gasteiger partial charge on any atom is 0.443 e. The lowest BCUT2D eigenvalue weighted by Gasteiger charge is -1.98. The Kier molecular flexibility index (Phi) is 3.50. The SMILES string of the molecule is CNCc1csc(-c2cnc(C(F)(F)F)s2)c1. The van der Waals surface area contributed by atoms with E-state index in [1.807, 2.05) is 18.5 Å². The van der Waals surface area contributed by atoms with Gasteiger partial charge >= 0.3 is 6.18 Å². The maximum absolute atomic E-state index is 12.4. The molecule has 1 N–H and O–H groups in total. The number of hydrogen-bond donors (Lipinski definition) is 1. The molecular weight excluding hydrogens is 269 g/mol. The summed E-state index contributed by atoms with van der Waals surface area (Å²) in [6, 6.07) is 1.88. The number of nitrogens with zero attached hydrogens (tertiary/aromatic N) is 1. The minimum Gasteiger partial charge on any atom is -0.316 e. The number of halogens is 3. The topological polar surface area (TPSA) is 24.9 Å². The van der Waals surface area contributed by atoms with Crippen LogP contribution in [0.15, 0.2) is 17.6 Å². The summed E-state index contributed by atoms with van der Waals surface area (Å²) in [5.41, 5.74) is 1.06. The Morgan fingerprint density at radius 1 is 1.35 bits per heavy atom. The molecule has 92 valence electrons. The Balaban J connectivity index is 2.24. The standard InChI is InChI=1S/C10H9F3N2S2/c1-14-3-6-2-7(16-5-6)8-4-15-9(17-8)10(11,12)13/h2,4-5,14H,3H2,1H3. The molecule has 2 nitrogen and oxygen atoms in total. The number of nitrogens with one attached hydrogen (secondary N) is 1. The van der Waals surface area contributed by atoms with Gasteiger partial charge in [0, 0.05) is 17.6 Å². The van der Waals surface area contributed by atoms with E-state index >= 15 is 0 Å². The van der Waals surface area contributed by atoms with Crippen molar-refractivity contribution in [1.82, 2.24) is 10.3 Å². The summed E-state index contributed by atoms with van der Waals surface area (Å²) in [5.74, 6) is 0. The summed E-state index contributed by atoms with van der Waals surface area (Å²) in [7, 11) is 1.83. The number of alkyl halides is 3. The molecule has 17 heavy (non-hydrogen) atoms. The van der Waals surface area contributed by atoms with Crippen LogP contribution < -0.4 is 5.32 Å².